The van der Waals surface area contributed by atoms with Gasteiger partial charge >= 0.3 is 0 Å². The molecule has 2 nitrogen and oxygen atoms in total. The first-order valence-electron chi connectivity index (χ1n) is 3.84. The van der Waals surface area contributed by atoms with Gasteiger partial charge in [-0.25, -0.2) is 0 Å². The summed E-state index contributed by atoms with van der Waals surface area (Å²) in [6.45, 7) is 2.05. The average molecular weight is 185 g/mol. The minimum atomic E-state index is 0.745. The SMILES string of the molecule is CNc1cc(Cl)cc(NC)c1C. The van der Waals surface area contributed by atoms with Gasteiger partial charge in [-0.3, -0.25) is 0 Å². The fourth-order valence-electron chi connectivity index (χ4n) is 1.20. The molecule has 0 unspecified atom stereocenters. The van der Waals surface area contributed by atoms with Gasteiger partial charge in [-0.15, -0.1) is 0 Å². The van der Waals surface area contributed by atoms with Crippen molar-refractivity contribution in [1.29, 1.82) is 0 Å². The van der Waals surface area contributed by atoms with Gasteiger partial charge in [-0.05, 0) is 24.6 Å². The summed E-state index contributed by atoms with van der Waals surface area (Å²) in [5.74, 6) is 0. The van der Waals surface area contributed by atoms with Crippen LogP contribution in [0.25, 0.3) is 0 Å². The van der Waals surface area contributed by atoms with Gasteiger partial charge in [0, 0.05) is 30.5 Å². The summed E-state index contributed by atoms with van der Waals surface area (Å²) in [5.41, 5.74) is 3.31. The van der Waals surface area contributed by atoms with Crippen molar-refractivity contribution < 1.29 is 0 Å². The first kappa shape index (κ1) is 9.20. The second kappa shape index (κ2) is 3.68. The van der Waals surface area contributed by atoms with Crippen LogP contribution in [0.5, 0.6) is 0 Å². The van der Waals surface area contributed by atoms with E-state index in [1.54, 1.807) is 0 Å². The Labute approximate surface area is 77.9 Å². The molecule has 0 aromatic heterocycles. The van der Waals surface area contributed by atoms with Crippen LogP contribution in [0.4, 0.5) is 11.4 Å². The van der Waals surface area contributed by atoms with E-state index < -0.39 is 0 Å². The van der Waals surface area contributed by atoms with Crippen LogP contribution < -0.4 is 10.6 Å². The van der Waals surface area contributed by atoms with Crippen molar-refractivity contribution in [2.45, 2.75) is 6.92 Å². The smallest absolute Gasteiger partial charge is 0.0447 e. The zero-order valence-corrected chi connectivity index (χ0v) is 8.29. The van der Waals surface area contributed by atoms with Gasteiger partial charge in [0.05, 0.1) is 0 Å². The lowest BCUT2D eigenvalue weighted by molar-refractivity contribution is 1.37. The molecule has 2 N–H and O–H groups in total. The molecule has 66 valence electrons. The Kier molecular flexibility index (Phi) is 2.82. The fourth-order valence-corrected chi connectivity index (χ4v) is 1.42. The van der Waals surface area contributed by atoms with Crippen LogP contribution in [0.15, 0.2) is 12.1 Å². The van der Waals surface area contributed by atoms with E-state index in [1.807, 2.05) is 33.2 Å². The molecule has 0 fully saturated rings. The van der Waals surface area contributed by atoms with Gasteiger partial charge in [-0.2, -0.15) is 0 Å². The summed E-state index contributed by atoms with van der Waals surface area (Å²) >= 11 is 5.90. The molecule has 0 saturated heterocycles. The molecule has 1 aromatic rings. The molecule has 0 aliphatic rings. The highest BCUT2D eigenvalue weighted by atomic mass is 35.5. The molecule has 0 aliphatic heterocycles. The summed E-state index contributed by atoms with van der Waals surface area (Å²) in [4.78, 5) is 0. The summed E-state index contributed by atoms with van der Waals surface area (Å²) in [7, 11) is 3.77. The van der Waals surface area contributed by atoms with E-state index in [2.05, 4.69) is 10.6 Å². The fraction of sp³-hybridized carbons (Fsp3) is 0.333. The maximum Gasteiger partial charge on any atom is 0.0447 e. The van der Waals surface area contributed by atoms with Crippen LogP contribution in [-0.4, -0.2) is 14.1 Å². The molecule has 0 bridgehead atoms. The lowest BCUT2D eigenvalue weighted by atomic mass is 10.1. The molecule has 0 radical (unpaired) electrons. The Morgan fingerprint density at radius 3 is 1.83 bits per heavy atom. The van der Waals surface area contributed by atoms with E-state index in [0.29, 0.717) is 0 Å². The number of rotatable bonds is 2. The highest BCUT2D eigenvalue weighted by molar-refractivity contribution is 6.31. The predicted molar refractivity (Wildman–Crippen MR) is 55.3 cm³/mol. The van der Waals surface area contributed by atoms with E-state index >= 15 is 0 Å². The van der Waals surface area contributed by atoms with Gasteiger partial charge in [0.2, 0.25) is 0 Å². The van der Waals surface area contributed by atoms with E-state index in [9.17, 15) is 0 Å². The second-order valence-electron chi connectivity index (χ2n) is 2.63. The van der Waals surface area contributed by atoms with Crippen LogP contribution in [0, 0.1) is 6.92 Å². The van der Waals surface area contributed by atoms with Crippen LogP contribution >= 0.6 is 11.6 Å². The largest absolute Gasteiger partial charge is 0.388 e. The quantitative estimate of drug-likeness (QED) is 0.739. The van der Waals surface area contributed by atoms with E-state index in [4.69, 9.17) is 11.6 Å². The summed E-state index contributed by atoms with van der Waals surface area (Å²) in [6, 6.07) is 3.83. The van der Waals surface area contributed by atoms with E-state index in [-0.39, 0.29) is 0 Å². The van der Waals surface area contributed by atoms with Gasteiger partial charge < -0.3 is 10.6 Å². The molecule has 0 amide bonds. The number of hydrogen-bond acceptors (Lipinski definition) is 2. The Balaban J connectivity index is 3.22. The standard InChI is InChI=1S/C9H13ClN2/c1-6-8(11-2)4-7(10)5-9(6)12-3/h4-5,11-12H,1-3H3. The number of anilines is 2. The van der Waals surface area contributed by atoms with Crippen molar-refractivity contribution in [3.63, 3.8) is 0 Å². The minimum absolute atomic E-state index is 0.745. The summed E-state index contributed by atoms with van der Waals surface area (Å²) < 4.78 is 0. The molecular weight excluding hydrogens is 172 g/mol. The number of hydrogen-bond donors (Lipinski definition) is 2. The first-order valence-corrected chi connectivity index (χ1v) is 4.22. The molecular formula is C9H13ClN2. The molecule has 0 spiro atoms. The Hall–Kier alpha value is -0.890. The number of benzene rings is 1. The van der Waals surface area contributed by atoms with Crippen molar-refractivity contribution in [2.24, 2.45) is 0 Å². The maximum absolute atomic E-state index is 5.90. The third kappa shape index (κ3) is 1.64. The van der Waals surface area contributed by atoms with Gasteiger partial charge in [-0.1, -0.05) is 11.6 Å². The maximum atomic E-state index is 5.90. The van der Waals surface area contributed by atoms with Crippen molar-refractivity contribution >= 4 is 23.0 Å². The molecule has 0 atom stereocenters. The Bertz CT molecular complexity index is 259. The minimum Gasteiger partial charge on any atom is -0.388 e. The molecule has 1 rings (SSSR count). The second-order valence-corrected chi connectivity index (χ2v) is 3.06. The molecule has 1 aromatic carbocycles. The lowest BCUT2D eigenvalue weighted by Crippen LogP contribution is -1.97. The topological polar surface area (TPSA) is 24.1 Å². The van der Waals surface area contributed by atoms with Crippen molar-refractivity contribution in [2.75, 3.05) is 24.7 Å². The molecule has 12 heavy (non-hydrogen) atoms. The van der Waals surface area contributed by atoms with Crippen molar-refractivity contribution in [3.05, 3.63) is 22.7 Å². The summed E-state index contributed by atoms with van der Waals surface area (Å²) in [5, 5.41) is 6.92. The van der Waals surface area contributed by atoms with E-state index in [1.165, 1.54) is 5.56 Å². The van der Waals surface area contributed by atoms with Gasteiger partial charge in [0.1, 0.15) is 0 Å². The number of nitrogens with one attached hydrogen (secondary N) is 2. The van der Waals surface area contributed by atoms with E-state index in [0.717, 1.165) is 16.4 Å². The normalized spacial score (nSPS) is 9.67. The van der Waals surface area contributed by atoms with Crippen LogP contribution in [-0.2, 0) is 0 Å². The van der Waals surface area contributed by atoms with Crippen LogP contribution in [0.1, 0.15) is 5.56 Å². The first-order chi connectivity index (χ1) is 5.69. The zero-order chi connectivity index (χ0) is 9.14. The summed E-state index contributed by atoms with van der Waals surface area (Å²) in [6.07, 6.45) is 0. The molecule has 0 saturated carbocycles. The molecule has 0 aliphatic carbocycles. The van der Waals surface area contributed by atoms with Gasteiger partial charge in [0.25, 0.3) is 0 Å². The Morgan fingerprint density at radius 2 is 1.50 bits per heavy atom. The Morgan fingerprint density at radius 1 is 1.08 bits per heavy atom. The highest BCUT2D eigenvalue weighted by Gasteiger charge is 2.02. The molecule has 0 heterocycles. The van der Waals surface area contributed by atoms with Crippen molar-refractivity contribution in [3.8, 4) is 0 Å². The van der Waals surface area contributed by atoms with Crippen LogP contribution in [0.2, 0.25) is 5.02 Å². The highest BCUT2D eigenvalue weighted by Crippen LogP contribution is 2.27. The zero-order valence-electron chi connectivity index (χ0n) is 7.53. The number of halogens is 1. The lowest BCUT2D eigenvalue weighted by Gasteiger charge is -2.11. The van der Waals surface area contributed by atoms with Crippen molar-refractivity contribution in [1.82, 2.24) is 0 Å². The predicted octanol–water partition coefficient (Wildman–Crippen LogP) is 2.73. The average Bonchev–Trinajstić information content (AvgIpc) is 2.08. The third-order valence-electron chi connectivity index (χ3n) is 1.91. The van der Waals surface area contributed by atoms with Gasteiger partial charge in [0.15, 0.2) is 0 Å². The third-order valence-corrected chi connectivity index (χ3v) is 2.13. The monoisotopic (exact) mass is 184 g/mol. The molecule has 3 heteroatoms. The van der Waals surface area contributed by atoms with Crippen LogP contribution in [0.3, 0.4) is 0 Å².